The minimum atomic E-state index is 0.397. The van der Waals surface area contributed by atoms with Gasteiger partial charge in [0.2, 0.25) is 0 Å². The molecular formula is C13H22N2O. The molecule has 0 spiro atoms. The van der Waals surface area contributed by atoms with Gasteiger partial charge in [0.25, 0.3) is 0 Å². The molecule has 0 unspecified atom stereocenters. The van der Waals surface area contributed by atoms with E-state index < -0.39 is 0 Å². The molecule has 0 aliphatic rings. The first-order chi connectivity index (χ1) is 7.40. The van der Waals surface area contributed by atoms with Crippen LogP contribution in [0.5, 0.6) is 5.75 Å². The van der Waals surface area contributed by atoms with E-state index in [0.29, 0.717) is 5.75 Å². The first kappa shape index (κ1) is 13.0. The summed E-state index contributed by atoms with van der Waals surface area (Å²) in [5.41, 5.74) is 3.42. The Hall–Kier alpha value is -1.06. The van der Waals surface area contributed by atoms with Crippen molar-refractivity contribution in [2.45, 2.75) is 20.0 Å². The Labute approximate surface area is 98.3 Å². The summed E-state index contributed by atoms with van der Waals surface area (Å²) >= 11 is 0. The maximum atomic E-state index is 9.86. The van der Waals surface area contributed by atoms with Gasteiger partial charge in [0.15, 0.2) is 0 Å². The topological polar surface area (TPSA) is 26.7 Å². The van der Waals surface area contributed by atoms with Crippen molar-refractivity contribution in [2.24, 2.45) is 0 Å². The third-order valence-electron chi connectivity index (χ3n) is 2.51. The lowest BCUT2D eigenvalue weighted by atomic mass is 10.0. The molecule has 1 rings (SSSR count). The van der Waals surface area contributed by atoms with Crippen molar-refractivity contribution in [2.75, 3.05) is 28.2 Å². The van der Waals surface area contributed by atoms with Gasteiger partial charge in [0, 0.05) is 18.7 Å². The molecule has 0 saturated carbocycles. The van der Waals surface area contributed by atoms with Gasteiger partial charge in [-0.15, -0.1) is 0 Å². The van der Waals surface area contributed by atoms with Crippen molar-refractivity contribution < 1.29 is 5.11 Å². The predicted octanol–water partition coefficient (Wildman–Crippen LogP) is 1.82. The second kappa shape index (κ2) is 5.32. The Morgan fingerprint density at radius 1 is 0.938 bits per heavy atom. The van der Waals surface area contributed by atoms with Crippen molar-refractivity contribution in [3.63, 3.8) is 0 Å². The van der Waals surface area contributed by atoms with E-state index in [9.17, 15) is 5.11 Å². The largest absolute Gasteiger partial charge is 0.508 e. The number of benzene rings is 1. The second-order valence-corrected chi connectivity index (χ2v) is 4.88. The summed E-state index contributed by atoms with van der Waals surface area (Å²) in [5, 5.41) is 9.86. The highest BCUT2D eigenvalue weighted by atomic mass is 16.3. The summed E-state index contributed by atoms with van der Waals surface area (Å²) in [6.07, 6.45) is 0. The average Bonchev–Trinajstić information content (AvgIpc) is 2.11. The lowest BCUT2D eigenvalue weighted by Crippen LogP contribution is -2.14. The summed E-state index contributed by atoms with van der Waals surface area (Å²) in [4.78, 5) is 4.20. The van der Waals surface area contributed by atoms with Gasteiger partial charge < -0.3 is 14.9 Å². The van der Waals surface area contributed by atoms with E-state index in [1.807, 2.05) is 27.1 Å². The van der Waals surface area contributed by atoms with E-state index >= 15 is 0 Å². The van der Waals surface area contributed by atoms with Gasteiger partial charge >= 0.3 is 0 Å². The Kier molecular flexibility index (Phi) is 4.33. The molecule has 0 saturated heterocycles. The number of aryl methyl sites for hydroxylation is 1. The van der Waals surface area contributed by atoms with Crippen LogP contribution in [0.15, 0.2) is 12.1 Å². The Balaban J connectivity index is 3.01. The highest BCUT2D eigenvalue weighted by Gasteiger charge is 2.08. The van der Waals surface area contributed by atoms with E-state index in [1.54, 1.807) is 0 Å². The maximum absolute atomic E-state index is 9.86. The van der Waals surface area contributed by atoms with Crippen molar-refractivity contribution in [3.05, 3.63) is 28.8 Å². The van der Waals surface area contributed by atoms with Crippen LogP contribution in [0.2, 0.25) is 0 Å². The van der Waals surface area contributed by atoms with E-state index in [0.717, 1.165) is 24.2 Å². The van der Waals surface area contributed by atoms with Gasteiger partial charge in [-0.05, 0) is 58.4 Å². The van der Waals surface area contributed by atoms with Gasteiger partial charge in [-0.25, -0.2) is 0 Å². The summed E-state index contributed by atoms with van der Waals surface area (Å²) in [5.74, 6) is 0.397. The van der Waals surface area contributed by atoms with Crippen LogP contribution in [-0.2, 0) is 13.1 Å². The Bertz CT molecular complexity index is 328. The third kappa shape index (κ3) is 3.51. The van der Waals surface area contributed by atoms with Crippen molar-refractivity contribution in [1.82, 2.24) is 9.80 Å². The summed E-state index contributed by atoms with van der Waals surface area (Å²) in [6.45, 7) is 3.72. The number of hydrogen-bond donors (Lipinski definition) is 1. The molecule has 0 fully saturated rings. The minimum Gasteiger partial charge on any atom is -0.508 e. The zero-order valence-corrected chi connectivity index (χ0v) is 10.9. The Morgan fingerprint density at radius 3 is 1.94 bits per heavy atom. The zero-order chi connectivity index (χ0) is 12.3. The molecule has 1 aromatic rings. The van der Waals surface area contributed by atoms with Crippen LogP contribution in [-0.4, -0.2) is 43.1 Å². The summed E-state index contributed by atoms with van der Waals surface area (Å²) in [7, 11) is 8.12. The van der Waals surface area contributed by atoms with Crippen LogP contribution in [0.3, 0.4) is 0 Å². The molecule has 0 aliphatic heterocycles. The van der Waals surface area contributed by atoms with Crippen molar-refractivity contribution in [3.8, 4) is 5.75 Å². The fourth-order valence-corrected chi connectivity index (χ4v) is 1.77. The maximum Gasteiger partial charge on any atom is 0.120 e. The molecule has 0 heterocycles. The quantitative estimate of drug-likeness (QED) is 0.842. The fourth-order valence-electron chi connectivity index (χ4n) is 1.77. The van der Waals surface area contributed by atoms with Crippen molar-refractivity contribution >= 4 is 0 Å². The monoisotopic (exact) mass is 222 g/mol. The van der Waals surface area contributed by atoms with Crippen molar-refractivity contribution in [1.29, 1.82) is 0 Å². The second-order valence-electron chi connectivity index (χ2n) is 4.88. The molecule has 0 radical (unpaired) electrons. The predicted molar refractivity (Wildman–Crippen MR) is 67.6 cm³/mol. The molecule has 16 heavy (non-hydrogen) atoms. The van der Waals surface area contributed by atoms with Crippen LogP contribution in [0.1, 0.15) is 16.7 Å². The van der Waals surface area contributed by atoms with Crippen LogP contribution in [0, 0.1) is 6.92 Å². The van der Waals surface area contributed by atoms with Gasteiger partial charge in [0.1, 0.15) is 5.75 Å². The smallest absolute Gasteiger partial charge is 0.120 e. The van der Waals surface area contributed by atoms with Gasteiger partial charge in [-0.2, -0.15) is 0 Å². The number of phenols is 1. The first-order valence-electron chi connectivity index (χ1n) is 5.51. The lowest BCUT2D eigenvalue weighted by molar-refractivity contribution is 0.381. The molecule has 1 N–H and O–H groups in total. The third-order valence-corrected chi connectivity index (χ3v) is 2.51. The fraction of sp³-hybridized carbons (Fsp3) is 0.538. The molecule has 0 aliphatic carbocycles. The van der Waals surface area contributed by atoms with Gasteiger partial charge in [-0.1, -0.05) is 0 Å². The Morgan fingerprint density at radius 2 is 1.44 bits per heavy atom. The molecule has 3 nitrogen and oxygen atoms in total. The number of aromatic hydroxyl groups is 1. The number of hydrogen-bond acceptors (Lipinski definition) is 3. The molecule has 0 aromatic heterocycles. The van der Waals surface area contributed by atoms with Crippen LogP contribution in [0.4, 0.5) is 0 Å². The summed E-state index contributed by atoms with van der Waals surface area (Å²) < 4.78 is 0. The highest BCUT2D eigenvalue weighted by Crippen LogP contribution is 2.23. The molecule has 3 heteroatoms. The molecule has 1 aromatic carbocycles. The number of phenolic OH excluding ortho intramolecular Hbond substituents is 1. The summed E-state index contributed by atoms with van der Waals surface area (Å²) in [6, 6.07) is 3.96. The van der Waals surface area contributed by atoms with Crippen LogP contribution >= 0.6 is 0 Å². The van der Waals surface area contributed by atoms with Crippen LogP contribution in [0.25, 0.3) is 0 Å². The zero-order valence-electron chi connectivity index (χ0n) is 10.9. The average molecular weight is 222 g/mol. The minimum absolute atomic E-state index is 0.397. The molecule has 0 bridgehead atoms. The van der Waals surface area contributed by atoms with E-state index in [-0.39, 0.29) is 0 Å². The van der Waals surface area contributed by atoms with Crippen LogP contribution < -0.4 is 0 Å². The standard InChI is InChI=1S/C13H22N2O/c1-10-6-13(16)12(9-15(4)5)7-11(10)8-14(2)3/h6-7,16H,8-9H2,1-5H3. The van der Waals surface area contributed by atoms with E-state index in [4.69, 9.17) is 0 Å². The lowest BCUT2D eigenvalue weighted by Gasteiger charge is -2.17. The molecule has 0 atom stereocenters. The number of rotatable bonds is 4. The van der Waals surface area contributed by atoms with E-state index in [1.165, 1.54) is 5.56 Å². The first-order valence-corrected chi connectivity index (χ1v) is 5.51. The molecular weight excluding hydrogens is 200 g/mol. The number of nitrogens with zero attached hydrogens (tertiary/aromatic N) is 2. The van der Waals surface area contributed by atoms with Gasteiger partial charge in [0.05, 0.1) is 0 Å². The molecule has 90 valence electrons. The highest BCUT2D eigenvalue weighted by molar-refractivity contribution is 5.41. The SMILES string of the molecule is Cc1cc(O)c(CN(C)C)cc1CN(C)C. The van der Waals surface area contributed by atoms with Gasteiger partial charge in [-0.3, -0.25) is 0 Å². The molecule has 0 amide bonds. The van der Waals surface area contributed by atoms with E-state index in [2.05, 4.69) is 30.0 Å². The normalized spacial score (nSPS) is 11.4.